The van der Waals surface area contributed by atoms with Crippen LogP contribution >= 0.6 is 0 Å². The SMILES string of the molecule is CNC(c1ccc2oc(=O)n(C)c2c1)C1CC(N)C1. The lowest BCUT2D eigenvalue weighted by molar-refractivity contribution is 0.204. The molecule has 1 atom stereocenters. The highest BCUT2D eigenvalue weighted by Gasteiger charge is 2.33. The molecule has 5 heteroatoms. The third kappa shape index (κ3) is 1.99. The van der Waals surface area contributed by atoms with Gasteiger partial charge in [0.2, 0.25) is 0 Å². The van der Waals surface area contributed by atoms with Crippen LogP contribution in [0.5, 0.6) is 0 Å². The maximum absolute atomic E-state index is 11.5. The van der Waals surface area contributed by atoms with E-state index in [1.807, 2.05) is 25.2 Å². The van der Waals surface area contributed by atoms with Crippen LogP contribution < -0.4 is 16.8 Å². The molecule has 1 saturated carbocycles. The van der Waals surface area contributed by atoms with Crippen molar-refractivity contribution in [2.45, 2.75) is 24.9 Å². The minimum absolute atomic E-state index is 0.286. The fraction of sp³-hybridized carbons (Fsp3) is 0.500. The molecule has 1 aromatic heterocycles. The van der Waals surface area contributed by atoms with Gasteiger partial charge >= 0.3 is 5.76 Å². The van der Waals surface area contributed by atoms with Crippen LogP contribution in [0.1, 0.15) is 24.4 Å². The summed E-state index contributed by atoms with van der Waals surface area (Å²) >= 11 is 0. The quantitative estimate of drug-likeness (QED) is 0.868. The van der Waals surface area contributed by atoms with Crippen molar-refractivity contribution >= 4 is 11.1 Å². The molecule has 1 aliphatic rings. The summed E-state index contributed by atoms with van der Waals surface area (Å²) in [5.74, 6) is 0.250. The Hall–Kier alpha value is -1.59. The molecule has 3 N–H and O–H groups in total. The first-order valence-corrected chi connectivity index (χ1v) is 6.62. The molecule has 0 saturated heterocycles. The highest BCUT2D eigenvalue weighted by Crippen LogP contribution is 2.37. The first-order chi connectivity index (χ1) is 9.10. The Morgan fingerprint density at radius 1 is 1.47 bits per heavy atom. The number of nitrogens with two attached hydrogens (primary N) is 1. The molecule has 1 fully saturated rings. The number of rotatable bonds is 3. The Bertz CT molecular complexity index is 652. The van der Waals surface area contributed by atoms with Gasteiger partial charge in [-0.25, -0.2) is 4.79 Å². The van der Waals surface area contributed by atoms with Crippen LogP contribution in [0.3, 0.4) is 0 Å². The van der Waals surface area contributed by atoms with Gasteiger partial charge in [0, 0.05) is 19.1 Å². The zero-order valence-corrected chi connectivity index (χ0v) is 11.2. The summed E-state index contributed by atoms with van der Waals surface area (Å²) in [6.45, 7) is 0. The first kappa shape index (κ1) is 12.4. The predicted molar refractivity (Wildman–Crippen MR) is 74.0 cm³/mol. The molecule has 5 nitrogen and oxygen atoms in total. The smallest absolute Gasteiger partial charge is 0.408 e. The first-order valence-electron chi connectivity index (χ1n) is 6.62. The van der Waals surface area contributed by atoms with Crippen molar-refractivity contribution < 1.29 is 4.42 Å². The Labute approximate surface area is 111 Å². The second-order valence-corrected chi connectivity index (χ2v) is 5.41. The molecule has 102 valence electrons. The maximum Gasteiger partial charge on any atom is 0.419 e. The normalized spacial score (nSPS) is 24.4. The van der Waals surface area contributed by atoms with E-state index in [2.05, 4.69) is 5.32 Å². The van der Waals surface area contributed by atoms with Crippen molar-refractivity contribution in [2.75, 3.05) is 7.05 Å². The van der Waals surface area contributed by atoms with E-state index >= 15 is 0 Å². The van der Waals surface area contributed by atoms with Gasteiger partial charge in [-0.05, 0) is 43.5 Å². The maximum atomic E-state index is 11.5. The Morgan fingerprint density at radius 2 is 2.21 bits per heavy atom. The minimum atomic E-state index is -0.321. The molecule has 0 bridgehead atoms. The second kappa shape index (κ2) is 4.51. The fourth-order valence-corrected chi connectivity index (χ4v) is 2.99. The Kier molecular flexibility index (Phi) is 2.95. The Balaban J connectivity index is 1.99. The summed E-state index contributed by atoms with van der Waals surface area (Å²) in [6, 6.07) is 6.55. The largest absolute Gasteiger partial charge is 0.419 e. The number of nitrogens with zero attached hydrogens (tertiary/aromatic N) is 1. The molecule has 0 spiro atoms. The van der Waals surface area contributed by atoms with Gasteiger partial charge < -0.3 is 15.5 Å². The number of benzene rings is 1. The van der Waals surface area contributed by atoms with E-state index < -0.39 is 0 Å². The van der Waals surface area contributed by atoms with Crippen LogP contribution in [-0.2, 0) is 7.05 Å². The molecule has 1 aliphatic carbocycles. The van der Waals surface area contributed by atoms with Crippen molar-refractivity contribution in [2.24, 2.45) is 18.7 Å². The molecule has 19 heavy (non-hydrogen) atoms. The van der Waals surface area contributed by atoms with Gasteiger partial charge in [0.1, 0.15) is 0 Å². The lowest BCUT2D eigenvalue weighted by atomic mass is 9.74. The topological polar surface area (TPSA) is 73.2 Å². The molecule has 0 aliphatic heterocycles. The zero-order valence-electron chi connectivity index (χ0n) is 11.2. The predicted octanol–water partition coefficient (Wildman–Crippen LogP) is 1.13. The number of hydrogen-bond acceptors (Lipinski definition) is 4. The van der Waals surface area contributed by atoms with Crippen LogP contribution in [0, 0.1) is 5.92 Å². The van der Waals surface area contributed by atoms with Gasteiger partial charge in [0.25, 0.3) is 0 Å². The van der Waals surface area contributed by atoms with Gasteiger partial charge in [-0.1, -0.05) is 6.07 Å². The standard InChI is InChI=1S/C14H19N3O2/c1-16-13(9-5-10(15)6-9)8-3-4-12-11(7-8)17(2)14(18)19-12/h3-4,7,9-10,13,16H,5-6,15H2,1-2H3. The number of fused-ring (bicyclic) bond motifs is 1. The Morgan fingerprint density at radius 3 is 2.84 bits per heavy atom. The summed E-state index contributed by atoms with van der Waals surface area (Å²) in [5, 5.41) is 3.36. The van der Waals surface area contributed by atoms with E-state index in [1.165, 1.54) is 10.1 Å². The van der Waals surface area contributed by atoms with Crippen molar-refractivity contribution in [3.05, 3.63) is 34.3 Å². The second-order valence-electron chi connectivity index (χ2n) is 5.41. The van der Waals surface area contributed by atoms with Crippen molar-refractivity contribution in [3.63, 3.8) is 0 Å². The summed E-state index contributed by atoms with van der Waals surface area (Å²) < 4.78 is 6.69. The van der Waals surface area contributed by atoms with Crippen molar-refractivity contribution in [1.82, 2.24) is 9.88 Å². The van der Waals surface area contributed by atoms with Gasteiger partial charge in [0.15, 0.2) is 5.58 Å². The summed E-state index contributed by atoms with van der Waals surface area (Å²) in [4.78, 5) is 11.5. The molecular weight excluding hydrogens is 242 g/mol. The molecule has 1 heterocycles. The van der Waals surface area contributed by atoms with Gasteiger partial charge in [-0.3, -0.25) is 4.57 Å². The highest BCUT2D eigenvalue weighted by atomic mass is 16.4. The van der Waals surface area contributed by atoms with E-state index in [-0.39, 0.29) is 11.8 Å². The summed E-state index contributed by atoms with van der Waals surface area (Å²) in [7, 11) is 3.69. The molecule has 3 rings (SSSR count). The van der Waals surface area contributed by atoms with Crippen LogP contribution in [0.15, 0.2) is 27.4 Å². The monoisotopic (exact) mass is 261 g/mol. The number of oxazole rings is 1. The molecule has 1 unspecified atom stereocenters. The van der Waals surface area contributed by atoms with E-state index in [0.29, 0.717) is 17.5 Å². The van der Waals surface area contributed by atoms with Crippen molar-refractivity contribution in [3.8, 4) is 0 Å². The number of aromatic nitrogens is 1. The van der Waals surface area contributed by atoms with Crippen LogP contribution in [-0.4, -0.2) is 17.7 Å². The van der Waals surface area contributed by atoms with Crippen LogP contribution in [0.4, 0.5) is 0 Å². The van der Waals surface area contributed by atoms with E-state index in [0.717, 1.165) is 18.4 Å². The van der Waals surface area contributed by atoms with Crippen LogP contribution in [0.25, 0.3) is 11.1 Å². The van der Waals surface area contributed by atoms with E-state index in [9.17, 15) is 4.79 Å². The van der Waals surface area contributed by atoms with E-state index in [1.54, 1.807) is 7.05 Å². The average Bonchev–Trinajstić information content (AvgIpc) is 2.64. The number of hydrogen-bond donors (Lipinski definition) is 2. The molecule has 0 amide bonds. The molecule has 0 radical (unpaired) electrons. The van der Waals surface area contributed by atoms with Gasteiger partial charge in [-0.2, -0.15) is 0 Å². The van der Waals surface area contributed by atoms with E-state index in [4.69, 9.17) is 10.2 Å². The molecule has 1 aromatic carbocycles. The zero-order chi connectivity index (χ0) is 13.6. The summed E-state index contributed by atoms with van der Waals surface area (Å²) in [6.07, 6.45) is 2.10. The number of aryl methyl sites for hydroxylation is 1. The third-order valence-electron chi connectivity index (χ3n) is 4.17. The fourth-order valence-electron chi connectivity index (χ4n) is 2.99. The van der Waals surface area contributed by atoms with Crippen LogP contribution in [0.2, 0.25) is 0 Å². The van der Waals surface area contributed by atoms with Crippen molar-refractivity contribution in [1.29, 1.82) is 0 Å². The molecule has 2 aromatic rings. The third-order valence-corrected chi connectivity index (χ3v) is 4.17. The lowest BCUT2D eigenvalue weighted by Crippen LogP contribution is -2.42. The number of nitrogens with one attached hydrogen (secondary N) is 1. The average molecular weight is 261 g/mol. The minimum Gasteiger partial charge on any atom is -0.408 e. The van der Waals surface area contributed by atoms with Gasteiger partial charge in [-0.15, -0.1) is 0 Å². The lowest BCUT2D eigenvalue weighted by Gasteiger charge is -2.38. The molecular formula is C14H19N3O2. The highest BCUT2D eigenvalue weighted by molar-refractivity contribution is 5.73. The summed E-state index contributed by atoms with van der Waals surface area (Å²) in [5.41, 5.74) is 8.53. The van der Waals surface area contributed by atoms with Gasteiger partial charge in [0.05, 0.1) is 5.52 Å².